The first-order valence-corrected chi connectivity index (χ1v) is 6.87. The third kappa shape index (κ3) is 3.46. The summed E-state index contributed by atoms with van der Waals surface area (Å²) in [7, 11) is 0. The Morgan fingerprint density at radius 3 is 2.70 bits per heavy atom. The molecule has 1 unspecified atom stereocenters. The molecule has 0 spiro atoms. The van der Waals surface area contributed by atoms with Crippen LogP contribution in [0.4, 0.5) is 10.1 Å². The fourth-order valence-electron chi connectivity index (χ4n) is 1.94. The van der Waals surface area contributed by atoms with Crippen molar-refractivity contribution in [2.45, 2.75) is 13.0 Å². The van der Waals surface area contributed by atoms with E-state index in [9.17, 15) is 4.39 Å². The summed E-state index contributed by atoms with van der Waals surface area (Å²) in [5.74, 6) is -0.267. The summed E-state index contributed by atoms with van der Waals surface area (Å²) in [5.41, 5.74) is 7.98. The molecule has 104 valence electrons. The Morgan fingerprint density at radius 1 is 1.30 bits per heavy atom. The first-order valence-electron chi connectivity index (χ1n) is 6.08. The maximum Gasteiger partial charge on any atom is 0.123 e. The molecular weight excluding hydrogens is 295 g/mol. The van der Waals surface area contributed by atoms with Crippen molar-refractivity contribution in [1.29, 1.82) is 0 Å². The molecule has 2 rings (SSSR count). The molecule has 1 atom stereocenters. The molecule has 0 aliphatic heterocycles. The van der Waals surface area contributed by atoms with Crippen LogP contribution in [-0.4, -0.2) is 4.99 Å². The molecule has 0 amide bonds. The predicted octanol–water partition coefficient (Wildman–Crippen LogP) is 4.29. The molecule has 0 aromatic heterocycles. The smallest absolute Gasteiger partial charge is 0.123 e. The van der Waals surface area contributed by atoms with Crippen LogP contribution in [0.1, 0.15) is 24.1 Å². The molecule has 0 heterocycles. The van der Waals surface area contributed by atoms with Gasteiger partial charge in [-0.3, -0.25) is 0 Å². The second-order valence-electron chi connectivity index (χ2n) is 4.48. The first kappa shape index (κ1) is 14.8. The molecule has 3 N–H and O–H groups in total. The van der Waals surface area contributed by atoms with Gasteiger partial charge in [0.25, 0.3) is 0 Å². The van der Waals surface area contributed by atoms with Crippen molar-refractivity contribution < 1.29 is 4.39 Å². The number of rotatable bonds is 4. The van der Waals surface area contributed by atoms with Gasteiger partial charge in [-0.2, -0.15) is 0 Å². The lowest BCUT2D eigenvalue weighted by atomic mass is 10.1. The monoisotopic (exact) mass is 308 g/mol. The molecule has 5 heteroatoms. The summed E-state index contributed by atoms with van der Waals surface area (Å²) in [6, 6.07) is 11.6. The zero-order valence-corrected chi connectivity index (χ0v) is 12.4. The molecule has 2 nitrogen and oxygen atoms in total. The highest BCUT2D eigenvalue weighted by molar-refractivity contribution is 7.80. The van der Waals surface area contributed by atoms with Crippen LogP contribution in [0.15, 0.2) is 42.5 Å². The van der Waals surface area contributed by atoms with Gasteiger partial charge in [0.2, 0.25) is 0 Å². The largest absolute Gasteiger partial charge is 0.389 e. The normalized spacial score (nSPS) is 11.9. The van der Waals surface area contributed by atoms with Crippen molar-refractivity contribution in [3.63, 3.8) is 0 Å². The molecule has 0 saturated heterocycles. The third-order valence-electron chi connectivity index (χ3n) is 2.97. The Kier molecular flexibility index (Phi) is 4.57. The van der Waals surface area contributed by atoms with Crippen LogP contribution < -0.4 is 11.1 Å². The van der Waals surface area contributed by atoms with E-state index in [4.69, 9.17) is 29.6 Å². The molecule has 2 aromatic rings. The summed E-state index contributed by atoms with van der Waals surface area (Å²) in [5, 5.41) is 3.84. The number of hydrogen-bond donors (Lipinski definition) is 2. The molecule has 0 fully saturated rings. The minimum atomic E-state index is -0.267. The molecule has 0 saturated carbocycles. The number of halogens is 2. The van der Waals surface area contributed by atoms with Crippen LogP contribution in [0, 0.1) is 5.82 Å². The van der Waals surface area contributed by atoms with E-state index in [2.05, 4.69) is 5.32 Å². The summed E-state index contributed by atoms with van der Waals surface area (Å²) in [6.07, 6.45) is 0. The molecule has 2 aromatic carbocycles. The van der Waals surface area contributed by atoms with Gasteiger partial charge in [-0.15, -0.1) is 0 Å². The quantitative estimate of drug-likeness (QED) is 0.828. The lowest BCUT2D eigenvalue weighted by Crippen LogP contribution is -2.15. The minimum Gasteiger partial charge on any atom is -0.389 e. The van der Waals surface area contributed by atoms with E-state index in [0.29, 0.717) is 10.6 Å². The number of thiocarbonyl (C=S) groups is 1. The Labute approximate surface area is 127 Å². The average molecular weight is 309 g/mol. The third-order valence-corrected chi connectivity index (χ3v) is 3.42. The van der Waals surface area contributed by atoms with Gasteiger partial charge < -0.3 is 11.1 Å². The highest BCUT2D eigenvalue weighted by Crippen LogP contribution is 2.26. The lowest BCUT2D eigenvalue weighted by Gasteiger charge is -2.18. The Bertz CT molecular complexity index is 646. The van der Waals surface area contributed by atoms with Crippen LogP contribution in [0.3, 0.4) is 0 Å². The van der Waals surface area contributed by atoms with E-state index in [1.54, 1.807) is 24.3 Å². The van der Waals surface area contributed by atoms with Gasteiger partial charge in [0.15, 0.2) is 0 Å². The maximum atomic E-state index is 13.2. The van der Waals surface area contributed by atoms with Crippen molar-refractivity contribution >= 4 is 34.5 Å². The number of nitrogens with two attached hydrogens (primary N) is 1. The molecule has 20 heavy (non-hydrogen) atoms. The van der Waals surface area contributed by atoms with E-state index in [1.807, 2.05) is 13.0 Å². The molecule has 0 aliphatic carbocycles. The summed E-state index contributed by atoms with van der Waals surface area (Å²) >= 11 is 11.0. The molecular formula is C15H14ClFN2S. The van der Waals surface area contributed by atoms with Gasteiger partial charge in [-0.05, 0) is 42.8 Å². The van der Waals surface area contributed by atoms with Gasteiger partial charge in [0.05, 0.1) is 0 Å². The SMILES string of the molecule is CC(Nc1cc(Cl)ccc1C(N)=S)c1cccc(F)c1. The molecule has 0 aliphatic rings. The van der Waals surface area contributed by atoms with Crippen molar-refractivity contribution in [3.8, 4) is 0 Å². The standard InChI is InChI=1S/C15H14ClFN2S/c1-9(10-3-2-4-12(17)7-10)19-14-8-11(16)5-6-13(14)15(18)20/h2-9,19H,1H3,(H2,18,20). The van der Waals surface area contributed by atoms with Crippen LogP contribution in [0.5, 0.6) is 0 Å². The number of anilines is 1. The van der Waals surface area contributed by atoms with E-state index in [0.717, 1.165) is 11.3 Å². The van der Waals surface area contributed by atoms with Crippen LogP contribution in [0.2, 0.25) is 5.02 Å². The first-order chi connectivity index (χ1) is 9.47. The Balaban J connectivity index is 2.29. The summed E-state index contributed by atoms with van der Waals surface area (Å²) < 4.78 is 13.2. The average Bonchev–Trinajstić information content (AvgIpc) is 2.38. The van der Waals surface area contributed by atoms with Gasteiger partial charge in [0, 0.05) is 22.3 Å². The fraction of sp³-hybridized carbons (Fsp3) is 0.133. The zero-order chi connectivity index (χ0) is 14.7. The van der Waals surface area contributed by atoms with Gasteiger partial charge >= 0.3 is 0 Å². The predicted molar refractivity (Wildman–Crippen MR) is 85.8 cm³/mol. The van der Waals surface area contributed by atoms with E-state index in [1.165, 1.54) is 12.1 Å². The van der Waals surface area contributed by atoms with Gasteiger partial charge in [0.1, 0.15) is 10.8 Å². The number of benzene rings is 2. The topological polar surface area (TPSA) is 38.0 Å². The van der Waals surface area contributed by atoms with E-state index >= 15 is 0 Å². The van der Waals surface area contributed by atoms with Crippen molar-refractivity contribution in [1.82, 2.24) is 0 Å². The van der Waals surface area contributed by atoms with E-state index in [-0.39, 0.29) is 16.8 Å². The highest BCUT2D eigenvalue weighted by atomic mass is 35.5. The van der Waals surface area contributed by atoms with Crippen molar-refractivity contribution in [2.75, 3.05) is 5.32 Å². The summed E-state index contributed by atoms with van der Waals surface area (Å²) in [6.45, 7) is 1.93. The maximum absolute atomic E-state index is 13.2. The Hall–Kier alpha value is -1.65. The number of hydrogen-bond acceptors (Lipinski definition) is 2. The van der Waals surface area contributed by atoms with Crippen LogP contribution >= 0.6 is 23.8 Å². The van der Waals surface area contributed by atoms with Gasteiger partial charge in [-0.1, -0.05) is 36.0 Å². The summed E-state index contributed by atoms with van der Waals surface area (Å²) in [4.78, 5) is 0.288. The number of nitrogens with one attached hydrogen (secondary N) is 1. The van der Waals surface area contributed by atoms with Crippen molar-refractivity contribution in [2.24, 2.45) is 5.73 Å². The second-order valence-corrected chi connectivity index (χ2v) is 5.35. The van der Waals surface area contributed by atoms with Crippen molar-refractivity contribution in [3.05, 3.63) is 64.4 Å². The zero-order valence-electron chi connectivity index (χ0n) is 10.9. The second kappa shape index (κ2) is 6.20. The lowest BCUT2D eigenvalue weighted by molar-refractivity contribution is 0.623. The van der Waals surface area contributed by atoms with Crippen LogP contribution in [0.25, 0.3) is 0 Å². The van der Waals surface area contributed by atoms with E-state index < -0.39 is 0 Å². The minimum absolute atomic E-state index is 0.0998. The van der Waals surface area contributed by atoms with Gasteiger partial charge in [-0.25, -0.2) is 4.39 Å². The Morgan fingerprint density at radius 2 is 2.05 bits per heavy atom. The molecule has 0 bridgehead atoms. The highest BCUT2D eigenvalue weighted by Gasteiger charge is 2.11. The fourth-order valence-corrected chi connectivity index (χ4v) is 2.29. The molecule has 0 radical (unpaired) electrons. The van der Waals surface area contributed by atoms with Crippen LogP contribution in [-0.2, 0) is 0 Å².